The van der Waals surface area contributed by atoms with E-state index in [1.807, 2.05) is 32.0 Å². The number of rotatable bonds is 9. The Kier molecular flexibility index (Phi) is 7.64. The van der Waals surface area contributed by atoms with Crippen molar-refractivity contribution in [3.05, 3.63) is 54.6 Å². The second-order valence-corrected chi connectivity index (χ2v) is 12.4. The van der Waals surface area contributed by atoms with Gasteiger partial charge >= 0.3 is 0 Å². The van der Waals surface area contributed by atoms with E-state index in [1.165, 1.54) is 0 Å². The highest BCUT2D eigenvalue weighted by Gasteiger charge is 2.76. The second kappa shape index (κ2) is 10.3. The summed E-state index contributed by atoms with van der Waals surface area (Å²) in [6.07, 6.45) is 4.15. The number of carbonyl (C=O) groups is 3. The van der Waals surface area contributed by atoms with Gasteiger partial charge in [-0.3, -0.25) is 14.4 Å². The number of likely N-dealkylation sites (tertiary alicyclic amines) is 1. The van der Waals surface area contributed by atoms with Gasteiger partial charge < -0.3 is 19.8 Å². The minimum absolute atomic E-state index is 0.0290. The molecule has 3 saturated heterocycles. The van der Waals surface area contributed by atoms with Crippen molar-refractivity contribution in [1.29, 1.82) is 0 Å². The van der Waals surface area contributed by atoms with Crippen LogP contribution < -0.4 is 4.90 Å². The van der Waals surface area contributed by atoms with Crippen molar-refractivity contribution < 1.29 is 19.5 Å². The molecule has 3 unspecified atom stereocenters. The molecule has 200 valence electrons. The molecule has 1 aromatic rings. The molecule has 7 atom stereocenters. The van der Waals surface area contributed by atoms with Crippen LogP contribution in [0.25, 0.3) is 0 Å². The molecule has 8 heteroatoms. The Labute approximate surface area is 224 Å². The Bertz CT molecular complexity index is 1100. The molecule has 0 aromatic heterocycles. The summed E-state index contributed by atoms with van der Waals surface area (Å²) < 4.78 is -0.742. The van der Waals surface area contributed by atoms with Gasteiger partial charge in [0.25, 0.3) is 5.91 Å². The summed E-state index contributed by atoms with van der Waals surface area (Å²) in [5.74, 6) is -1.52. The second-order valence-electron chi connectivity index (χ2n) is 10.8. The van der Waals surface area contributed by atoms with E-state index in [0.717, 1.165) is 23.2 Å². The average Bonchev–Trinajstić information content (AvgIpc) is 3.45. The lowest BCUT2D eigenvalue weighted by atomic mass is 9.65. The number of aryl methyl sites for hydroxylation is 2. The van der Waals surface area contributed by atoms with Gasteiger partial charge in [0.15, 0.2) is 0 Å². The van der Waals surface area contributed by atoms with Gasteiger partial charge in [0.05, 0.1) is 29.2 Å². The lowest BCUT2D eigenvalue weighted by Gasteiger charge is -2.42. The quantitative estimate of drug-likeness (QED) is 0.501. The van der Waals surface area contributed by atoms with Crippen molar-refractivity contribution in [1.82, 2.24) is 9.80 Å². The van der Waals surface area contributed by atoms with E-state index in [9.17, 15) is 19.5 Å². The van der Waals surface area contributed by atoms with Crippen LogP contribution in [-0.4, -0.2) is 81.5 Å². The molecule has 0 saturated carbocycles. The Balaban J connectivity index is 1.86. The maximum Gasteiger partial charge on any atom is 0.251 e. The molecule has 1 spiro atoms. The van der Waals surface area contributed by atoms with Gasteiger partial charge in [-0.15, -0.1) is 24.9 Å². The minimum atomic E-state index is -0.793. The van der Waals surface area contributed by atoms with Crippen molar-refractivity contribution >= 4 is 35.2 Å². The van der Waals surface area contributed by atoms with Gasteiger partial charge in [0.2, 0.25) is 11.8 Å². The minimum Gasteiger partial charge on any atom is -0.394 e. The number of hydrogen-bond acceptors (Lipinski definition) is 5. The van der Waals surface area contributed by atoms with Gasteiger partial charge in [0, 0.05) is 31.1 Å². The Morgan fingerprint density at radius 2 is 1.84 bits per heavy atom. The third-order valence-corrected chi connectivity index (χ3v) is 10.6. The monoisotopic (exact) mass is 525 g/mol. The van der Waals surface area contributed by atoms with Crippen molar-refractivity contribution in [3.8, 4) is 0 Å². The molecular formula is C29H39N3O4S. The average molecular weight is 526 g/mol. The molecular weight excluding hydrogens is 486 g/mol. The van der Waals surface area contributed by atoms with Crippen LogP contribution in [0.1, 0.15) is 31.4 Å². The van der Waals surface area contributed by atoms with Crippen molar-refractivity contribution in [3.63, 3.8) is 0 Å². The number of hydrogen-bond donors (Lipinski definition) is 1. The third-order valence-electron chi connectivity index (χ3n) is 8.51. The molecule has 4 rings (SSSR count). The van der Waals surface area contributed by atoms with Crippen LogP contribution in [0.2, 0.25) is 0 Å². The normalized spacial score (nSPS) is 30.7. The molecule has 3 amide bonds. The molecule has 0 radical (unpaired) electrons. The zero-order valence-electron chi connectivity index (χ0n) is 22.5. The molecule has 2 bridgehead atoms. The van der Waals surface area contributed by atoms with E-state index in [1.54, 1.807) is 52.6 Å². The summed E-state index contributed by atoms with van der Waals surface area (Å²) in [5, 5.41) is 10.1. The first-order chi connectivity index (χ1) is 17.6. The maximum absolute atomic E-state index is 14.7. The standard InChI is InChI=1S/C29H39N3O4S/c1-8-13-30(7)26(34)22-21-15-19(5)29(37-21)23(22)27(35)32(20(6)16-33)25(29)28(36)31(14-9-2)24-17(3)11-10-12-18(24)4/h8-12,19-23,25,33H,1-2,13-16H2,3-7H3/t19?,20-,21-,22+,23+,25?,29?/m1/s1. The summed E-state index contributed by atoms with van der Waals surface area (Å²) >= 11 is 1.65. The van der Waals surface area contributed by atoms with E-state index in [0.29, 0.717) is 13.1 Å². The number of benzene rings is 1. The summed E-state index contributed by atoms with van der Waals surface area (Å²) in [7, 11) is 1.74. The predicted molar refractivity (Wildman–Crippen MR) is 148 cm³/mol. The van der Waals surface area contributed by atoms with E-state index < -0.39 is 28.7 Å². The molecule has 1 aromatic carbocycles. The van der Waals surface area contributed by atoms with Crippen LogP contribution in [0.15, 0.2) is 43.5 Å². The van der Waals surface area contributed by atoms with Crippen LogP contribution in [0.4, 0.5) is 5.69 Å². The van der Waals surface area contributed by atoms with Gasteiger partial charge in [-0.1, -0.05) is 37.3 Å². The number of carbonyl (C=O) groups excluding carboxylic acids is 3. The summed E-state index contributed by atoms with van der Waals surface area (Å²) in [4.78, 5) is 47.5. The largest absolute Gasteiger partial charge is 0.394 e. The fourth-order valence-corrected chi connectivity index (χ4v) is 9.32. The van der Waals surface area contributed by atoms with Crippen LogP contribution in [0, 0.1) is 31.6 Å². The molecule has 0 aliphatic carbocycles. The van der Waals surface area contributed by atoms with Crippen LogP contribution in [0.5, 0.6) is 0 Å². The summed E-state index contributed by atoms with van der Waals surface area (Å²) in [6.45, 7) is 15.9. The van der Waals surface area contributed by atoms with Gasteiger partial charge in [0.1, 0.15) is 6.04 Å². The zero-order valence-corrected chi connectivity index (χ0v) is 23.3. The number of anilines is 1. The highest BCUT2D eigenvalue weighted by Crippen LogP contribution is 2.69. The fourth-order valence-electron chi connectivity index (χ4n) is 6.92. The number of amides is 3. The zero-order chi connectivity index (χ0) is 27.2. The number of likely N-dealkylation sites (N-methyl/N-ethyl adjacent to an activating group) is 1. The molecule has 1 N–H and O–H groups in total. The number of aliphatic hydroxyl groups is 1. The highest BCUT2D eigenvalue weighted by atomic mass is 32.2. The lowest BCUT2D eigenvalue weighted by Crippen LogP contribution is -2.59. The topological polar surface area (TPSA) is 81.2 Å². The Morgan fingerprint density at radius 3 is 2.41 bits per heavy atom. The smallest absolute Gasteiger partial charge is 0.251 e. The molecule has 3 aliphatic rings. The SMILES string of the molecule is C=CCN(C)C(=O)[C@@H]1[C@H]2C(=O)N([C@H](C)CO)C(C(=O)N(CC=C)c3c(C)cccc3C)C23S[C@@H]1CC3C. The van der Waals surface area contributed by atoms with E-state index in [-0.39, 0.29) is 35.5 Å². The first kappa shape index (κ1) is 27.5. The maximum atomic E-state index is 14.7. The predicted octanol–water partition coefficient (Wildman–Crippen LogP) is 3.18. The molecule has 3 heterocycles. The summed E-state index contributed by atoms with van der Waals surface area (Å²) in [5.41, 5.74) is 2.75. The number of thioether (sulfide) groups is 1. The van der Waals surface area contributed by atoms with Crippen molar-refractivity contribution in [2.24, 2.45) is 17.8 Å². The van der Waals surface area contributed by atoms with Crippen LogP contribution in [-0.2, 0) is 14.4 Å². The lowest BCUT2D eigenvalue weighted by molar-refractivity contribution is -0.144. The molecule has 3 aliphatic heterocycles. The van der Waals surface area contributed by atoms with Crippen molar-refractivity contribution in [2.75, 3.05) is 31.6 Å². The number of para-hydroxylation sites is 1. The first-order valence-electron chi connectivity index (χ1n) is 13.0. The number of nitrogens with zero attached hydrogens (tertiary/aromatic N) is 3. The van der Waals surface area contributed by atoms with E-state index >= 15 is 0 Å². The molecule has 3 fully saturated rings. The molecule has 37 heavy (non-hydrogen) atoms. The van der Waals surface area contributed by atoms with Crippen LogP contribution >= 0.6 is 11.8 Å². The Morgan fingerprint density at radius 1 is 1.22 bits per heavy atom. The van der Waals surface area contributed by atoms with Gasteiger partial charge in [-0.25, -0.2) is 0 Å². The summed E-state index contributed by atoms with van der Waals surface area (Å²) in [6, 6.07) is 4.56. The van der Waals surface area contributed by atoms with Crippen LogP contribution in [0.3, 0.4) is 0 Å². The van der Waals surface area contributed by atoms with Crippen molar-refractivity contribution in [2.45, 2.75) is 56.2 Å². The fraction of sp³-hybridized carbons (Fsp3) is 0.552. The van der Waals surface area contributed by atoms with Gasteiger partial charge in [-0.2, -0.15) is 0 Å². The highest BCUT2D eigenvalue weighted by molar-refractivity contribution is 8.02. The first-order valence-corrected chi connectivity index (χ1v) is 13.9. The van der Waals surface area contributed by atoms with Gasteiger partial charge in [-0.05, 0) is 44.2 Å². The Hall–Kier alpha value is -2.58. The number of aliphatic hydroxyl groups excluding tert-OH is 1. The van der Waals surface area contributed by atoms with E-state index in [2.05, 4.69) is 20.1 Å². The molecule has 7 nitrogen and oxygen atoms in total. The third kappa shape index (κ3) is 4.04. The van der Waals surface area contributed by atoms with E-state index in [4.69, 9.17) is 0 Å². The number of fused-ring (bicyclic) bond motifs is 1.